The van der Waals surface area contributed by atoms with Gasteiger partial charge < -0.3 is 19.7 Å². The summed E-state index contributed by atoms with van der Waals surface area (Å²) in [4.78, 5) is 26.0. The minimum Gasteiger partial charge on any atom is -0.347 e. The Hall–Kier alpha value is -1.63. The van der Waals surface area contributed by atoms with Crippen LogP contribution in [0, 0.1) is 6.92 Å². The molecule has 2 aliphatic heterocycles. The second-order valence-corrected chi connectivity index (χ2v) is 6.58. The van der Waals surface area contributed by atoms with E-state index in [0.29, 0.717) is 49.9 Å². The van der Waals surface area contributed by atoms with Crippen LogP contribution in [0.1, 0.15) is 24.8 Å². The molecule has 130 valence electrons. The Morgan fingerprint density at radius 3 is 2.54 bits per heavy atom. The smallest absolute Gasteiger partial charge is 0.233 e. The lowest BCUT2D eigenvalue weighted by molar-refractivity contribution is -0.187. The molecular formula is C17H21ClN2O4. The number of carbonyl (C=O) groups excluding carboxylic acids is 2. The first-order chi connectivity index (χ1) is 11.5. The zero-order valence-corrected chi connectivity index (χ0v) is 14.4. The lowest BCUT2D eigenvalue weighted by Crippen LogP contribution is -2.47. The van der Waals surface area contributed by atoms with Crippen LogP contribution in [0.5, 0.6) is 0 Å². The molecule has 0 atom stereocenters. The summed E-state index contributed by atoms with van der Waals surface area (Å²) in [5.41, 5.74) is 1.53. The van der Waals surface area contributed by atoms with Gasteiger partial charge in [-0.3, -0.25) is 9.59 Å². The van der Waals surface area contributed by atoms with E-state index < -0.39 is 5.79 Å². The van der Waals surface area contributed by atoms with Crippen LogP contribution in [0.3, 0.4) is 0 Å². The number of nitrogens with one attached hydrogen (secondary N) is 1. The van der Waals surface area contributed by atoms with Gasteiger partial charge in [0, 0.05) is 36.6 Å². The number of aryl methyl sites for hydroxylation is 1. The molecule has 24 heavy (non-hydrogen) atoms. The van der Waals surface area contributed by atoms with Crippen LogP contribution in [-0.4, -0.2) is 48.8 Å². The molecule has 2 aliphatic rings. The van der Waals surface area contributed by atoms with Crippen LogP contribution in [0.2, 0.25) is 5.02 Å². The van der Waals surface area contributed by atoms with Crippen molar-refractivity contribution in [3.8, 4) is 0 Å². The fraction of sp³-hybridized carbons (Fsp3) is 0.529. The van der Waals surface area contributed by atoms with Gasteiger partial charge in [0.25, 0.3) is 0 Å². The quantitative estimate of drug-likeness (QED) is 0.848. The molecule has 1 N–H and O–H groups in total. The number of hydrogen-bond donors (Lipinski definition) is 1. The molecule has 0 unspecified atom stereocenters. The highest BCUT2D eigenvalue weighted by molar-refractivity contribution is 6.31. The van der Waals surface area contributed by atoms with Gasteiger partial charge in [0.15, 0.2) is 5.79 Å². The average Bonchev–Trinajstić information content (AvgIpc) is 2.99. The third-order valence-corrected chi connectivity index (χ3v) is 4.87. The van der Waals surface area contributed by atoms with Crippen LogP contribution in [0.4, 0.5) is 5.69 Å². The Morgan fingerprint density at radius 1 is 1.25 bits per heavy atom. The Balaban J connectivity index is 1.49. The molecule has 1 spiro atoms. The lowest BCUT2D eigenvalue weighted by Gasteiger charge is -2.37. The van der Waals surface area contributed by atoms with E-state index in [9.17, 15) is 9.59 Å². The van der Waals surface area contributed by atoms with Crippen LogP contribution < -0.4 is 5.32 Å². The summed E-state index contributed by atoms with van der Waals surface area (Å²) in [6.07, 6.45) is 1.11. The number of hydrogen-bond acceptors (Lipinski definition) is 4. The van der Waals surface area contributed by atoms with Gasteiger partial charge >= 0.3 is 0 Å². The van der Waals surface area contributed by atoms with E-state index in [1.165, 1.54) is 0 Å². The van der Waals surface area contributed by atoms with Crippen molar-refractivity contribution in [3.63, 3.8) is 0 Å². The molecule has 0 bridgehead atoms. The Kier molecular flexibility index (Phi) is 5.08. The van der Waals surface area contributed by atoms with Crippen molar-refractivity contribution in [1.29, 1.82) is 0 Å². The van der Waals surface area contributed by atoms with Crippen molar-refractivity contribution in [3.05, 3.63) is 28.8 Å². The third-order valence-electron chi connectivity index (χ3n) is 4.46. The summed E-state index contributed by atoms with van der Waals surface area (Å²) in [6.45, 7) is 4.19. The minimum absolute atomic E-state index is 0.180. The summed E-state index contributed by atoms with van der Waals surface area (Å²) in [6, 6.07) is 5.27. The van der Waals surface area contributed by atoms with E-state index in [1.54, 1.807) is 17.0 Å². The fourth-order valence-corrected chi connectivity index (χ4v) is 3.19. The lowest BCUT2D eigenvalue weighted by atomic mass is 10.0. The Bertz CT molecular complexity index is 633. The van der Waals surface area contributed by atoms with Gasteiger partial charge in [0.1, 0.15) is 6.42 Å². The molecule has 0 aromatic heterocycles. The van der Waals surface area contributed by atoms with Crippen molar-refractivity contribution in [2.75, 3.05) is 31.6 Å². The molecule has 3 rings (SSSR count). The number of amides is 2. The van der Waals surface area contributed by atoms with Crippen molar-refractivity contribution in [2.24, 2.45) is 0 Å². The summed E-state index contributed by atoms with van der Waals surface area (Å²) in [7, 11) is 0. The van der Waals surface area contributed by atoms with Gasteiger partial charge in [-0.1, -0.05) is 17.7 Å². The van der Waals surface area contributed by atoms with Gasteiger partial charge in [0.05, 0.1) is 13.2 Å². The predicted octanol–water partition coefficient (Wildman–Crippen LogP) is 2.34. The first kappa shape index (κ1) is 17.2. The standard InChI is InChI=1S/C17H21ClN2O4/c1-12-2-3-13(10-14(12)18)19-15(21)11-16(22)20-6-4-17(5-7-20)23-8-9-24-17/h2-3,10H,4-9,11H2,1H3,(H,19,21). The molecule has 1 aromatic carbocycles. The van der Waals surface area contributed by atoms with Crippen LogP contribution in [-0.2, 0) is 19.1 Å². The SMILES string of the molecule is Cc1ccc(NC(=O)CC(=O)N2CCC3(CC2)OCCO3)cc1Cl. The summed E-state index contributed by atoms with van der Waals surface area (Å²) in [5, 5.41) is 3.29. The number of nitrogens with zero attached hydrogens (tertiary/aromatic N) is 1. The molecule has 2 fully saturated rings. The molecule has 2 heterocycles. The maximum Gasteiger partial charge on any atom is 0.233 e. The van der Waals surface area contributed by atoms with Crippen molar-refractivity contribution < 1.29 is 19.1 Å². The normalized spacial score (nSPS) is 19.5. The van der Waals surface area contributed by atoms with Crippen LogP contribution in [0.15, 0.2) is 18.2 Å². The molecule has 0 saturated carbocycles. The van der Waals surface area contributed by atoms with E-state index in [4.69, 9.17) is 21.1 Å². The first-order valence-corrected chi connectivity index (χ1v) is 8.47. The van der Waals surface area contributed by atoms with Crippen molar-refractivity contribution in [1.82, 2.24) is 4.90 Å². The molecule has 2 amide bonds. The van der Waals surface area contributed by atoms with E-state index in [-0.39, 0.29) is 18.2 Å². The number of anilines is 1. The zero-order chi connectivity index (χ0) is 17.2. The molecule has 0 aliphatic carbocycles. The highest BCUT2D eigenvalue weighted by Crippen LogP contribution is 2.31. The Morgan fingerprint density at radius 2 is 1.92 bits per heavy atom. The number of halogens is 1. The van der Waals surface area contributed by atoms with E-state index in [1.807, 2.05) is 13.0 Å². The zero-order valence-electron chi connectivity index (χ0n) is 13.6. The maximum absolute atomic E-state index is 12.3. The number of carbonyl (C=O) groups is 2. The molecular weight excluding hydrogens is 332 g/mol. The van der Waals surface area contributed by atoms with E-state index >= 15 is 0 Å². The predicted molar refractivity (Wildman–Crippen MR) is 89.9 cm³/mol. The van der Waals surface area contributed by atoms with Crippen LogP contribution in [0.25, 0.3) is 0 Å². The monoisotopic (exact) mass is 352 g/mol. The van der Waals surface area contributed by atoms with Crippen molar-refractivity contribution >= 4 is 29.1 Å². The molecule has 0 radical (unpaired) electrons. The third kappa shape index (κ3) is 3.88. The van der Waals surface area contributed by atoms with Crippen molar-refractivity contribution in [2.45, 2.75) is 32.0 Å². The highest BCUT2D eigenvalue weighted by atomic mass is 35.5. The highest BCUT2D eigenvalue weighted by Gasteiger charge is 2.40. The number of rotatable bonds is 3. The summed E-state index contributed by atoms with van der Waals surface area (Å²) >= 11 is 6.03. The average molecular weight is 353 g/mol. The minimum atomic E-state index is -0.516. The number of ether oxygens (including phenoxy) is 2. The van der Waals surface area contributed by atoms with Gasteiger partial charge in [-0.2, -0.15) is 0 Å². The number of piperidine rings is 1. The largest absolute Gasteiger partial charge is 0.347 e. The second-order valence-electron chi connectivity index (χ2n) is 6.18. The first-order valence-electron chi connectivity index (χ1n) is 8.09. The number of benzene rings is 1. The van der Waals surface area contributed by atoms with Crippen LogP contribution >= 0.6 is 11.6 Å². The molecule has 6 nitrogen and oxygen atoms in total. The summed E-state index contributed by atoms with van der Waals surface area (Å²) in [5.74, 6) is -1.04. The second kappa shape index (κ2) is 7.09. The van der Waals surface area contributed by atoms with E-state index in [2.05, 4.69) is 5.32 Å². The Labute approximate surface area is 146 Å². The molecule has 7 heteroatoms. The van der Waals surface area contributed by atoms with Gasteiger partial charge in [-0.05, 0) is 24.6 Å². The van der Waals surface area contributed by atoms with E-state index in [0.717, 1.165) is 5.56 Å². The van der Waals surface area contributed by atoms with Gasteiger partial charge in [-0.15, -0.1) is 0 Å². The van der Waals surface area contributed by atoms with Gasteiger partial charge in [-0.25, -0.2) is 0 Å². The molecule has 1 aromatic rings. The maximum atomic E-state index is 12.3. The van der Waals surface area contributed by atoms with Gasteiger partial charge in [0.2, 0.25) is 11.8 Å². The fourth-order valence-electron chi connectivity index (χ4n) is 3.01. The summed E-state index contributed by atoms with van der Waals surface area (Å²) < 4.78 is 11.3. The number of likely N-dealkylation sites (tertiary alicyclic amines) is 1. The molecule has 2 saturated heterocycles. The topological polar surface area (TPSA) is 67.9 Å².